The van der Waals surface area contributed by atoms with Gasteiger partial charge in [0.15, 0.2) is 0 Å². The van der Waals surface area contributed by atoms with Gasteiger partial charge in [0.25, 0.3) is 0 Å². The van der Waals surface area contributed by atoms with Gasteiger partial charge in [-0.3, -0.25) is 9.59 Å². The molecule has 0 heterocycles. The monoisotopic (exact) mass is 360 g/mol. The summed E-state index contributed by atoms with van der Waals surface area (Å²) in [5, 5.41) is 0. The summed E-state index contributed by atoms with van der Waals surface area (Å²) in [6.07, 6.45) is 11.4. The van der Waals surface area contributed by atoms with E-state index in [1.165, 1.54) is 51.9 Å². The molecule has 3 heteroatoms. The zero-order chi connectivity index (χ0) is 18.7. The van der Waals surface area contributed by atoms with Crippen LogP contribution in [0.5, 0.6) is 0 Å². The molecule has 0 aromatic carbocycles. The highest BCUT2D eigenvalue weighted by Gasteiger charge is 2.63. The molecule has 0 saturated heterocycles. The first-order valence-electron chi connectivity index (χ1n) is 10.9. The highest BCUT2D eigenvalue weighted by Crippen LogP contribution is 2.67. The number of hydrogen-bond donors (Lipinski definition) is 0. The fourth-order valence-electron chi connectivity index (χ4n) is 8.34. The van der Waals surface area contributed by atoms with E-state index in [-0.39, 0.29) is 29.2 Å². The van der Waals surface area contributed by atoms with Gasteiger partial charge in [-0.15, -0.1) is 0 Å². The van der Waals surface area contributed by atoms with Gasteiger partial charge in [-0.2, -0.15) is 0 Å². The van der Waals surface area contributed by atoms with Crippen molar-refractivity contribution in [3.63, 3.8) is 0 Å². The van der Waals surface area contributed by atoms with Crippen LogP contribution >= 0.6 is 0 Å². The Hall–Kier alpha value is -0.860. The fourth-order valence-corrected chi connectivity index (χ4v) is 8.34. The Bertz CT molecular complexity index is 598. The molecule has 0 bridgehead atoms. The van der Waals surface area contributed by atoms with Gasteiger partial charge < -0.3 is 4.74 Å². The number of Topliss-reactive ketones (excluding diaryl/α,β-unsaturated/α-hetero) is 1. The topological polar surface area (TPSA) is 43.4 Å². The summed E-state index contributed by atoms with van der Waals surface area (Å²) in [5.41, 5.74) is 0.527. The lowest BCUT2D eigenvalue weighted by atomic mass is 9.45. The van der Waals surface area contributed by atoms with Gasteiger partial charge in [0.05, 0.1) is 5.92 Å². The van der Waals surface area contributed by atoms with E-state index in [2.05, 4.69) is 13.8 Å². The van der Waals surface area contributed by atoms with Gasteiger partial charge >= 0.3 is 5.97 Å². The Morgan fingerprint density at radius 1 is 0.885 bits per heavy atom. The minimum Gasteiger partial charge on any atom is -0.462 e. The van der Waals surface area contributed by atoms with Crippen molar-refractivity contribution < 1.29 is 14.3 Å². The first-order chi connectivity index (χ1) is 12.3. The average molecular weight is 361 g/mol. The second-order valence-electron chi connectivity index (χ2n) is 10.4. The standard InChI is InChI=1S/C23H36O3/c1-14(24)21-20(26-15(2)25)13-19-17-9-8-16-7-5-6-11-22(16,3)18(17)10-12-23(19,21)4/h16-21H,5-13H2,1-4H3/t16-,17+,18-,19-,20-,21-,22+,23-/m1/s1. The van der Waals surface area contributed by atoms with Gasteiger partial charge in [-0.05, 0) is 86.4 Å². The molecule has 0 spiro atoms. The molecule has 8 atom stereocenters. The van der Waals surface area contributed by atoms with Gasteiger partial charge in [-0.1, -0.05) is 26.7 Å². The maximum absolute atomic E-state index is 12.6. The van der Waals surface area contributed by atoms with Crippen LogP contribution in [-0.2, 0) is 14.3 Å². The van der Waals surface area contributed by atoms with Crippen LogP contribution in [0.3, 0.4) is 0 Å². The Morgan fingerprint density at radius 2 is 1.65 bits per heavy atom. The molecule has 146 valence electrons. The van der Waals surface area contributed by atoms with E-state index in [1.54, 1.807) is 6.92 Å². The van der Waals surface area contributed by atoms with Crippen LogP contribution in [0.4, 0.5) is 0 Å². The predicted octanol–water partition coefficient (Wildman–Crippen LogP) is 5.17. The lowest BCUT2D eigenvalue weighted by molar-refractivity contribution is -0.151. The molecule has 3 nitrogen and oxygen atoms in total. The first-order valence-corrected chi connectivity index (χ1v) is 10.9. The number of ketones is 1. The van der Waals surface area contributed by atoms with Crippen molar-refractivity contribution in [2.75, 3.05) is 0 Å². The molecule has 4 saturated carbocycles. The highest BCUT2D eigenvalue weighted by atomic mass is 16.5. The zero-order valence-corrected chi connectivity index (χ0v) is 17.1. The van der Waals surface area contributed by atoms with Gasteiger partial charge in [-0.25, -0.2) is 0 Å². The molecule has 0 aromatic rings. The van der Waals surface area contributed by atoms with Crippen molar-refractivity contribution in [1.29, 1.82) is 0 Å². The Kier molecular flexibility index (Phi) is 4.51. The first kappa shape index (κ1) is 18.5. The number of esters is 1. The van der Waals surface area contributed by atoms with Crippen molar-refractivity contribution >= 4 is 11.8 Å². The van der Waals surface area contributed by atoms with E-state index in [4.69, 9.17) is 4.74 Å². The van der Waals surface area contributed by atoms with Crippen molar-refractivity contribution in [3.05, 3.63) is 0 Å². The minimum atomic E-state index is -0.233. The lowest BCUT2D eigenvalue weighted by Gasteiger charge is -2.60. The van der Waals surface area contributed by atoms with E-state index >= 15 is 0 Å². The normalized spacial score (nSPS) is 50.3. The molecule has 4 fully saturated rings. The van der Waals surface area contributed by atoms with Crippen LogP contribution < -0.4 is 0 Å². The van der Waals surface area contributed by atoms with Crippen LogP contribution in [0.2, 0.25) is 0 Å². The molecule has 0 N–H and O–H groups in total. The molecule has 4 aliphatic carbocycles. The quantitative estimate of drug-likeness (QED) is 0.638. The maximum Gasteiger partial charge on any atom is 0.302 e. The number of carbonyl (C=O) groups excluding carboxylic acids is 2. The molecule has 0 radical (unpaired) electrons. The van der Waals surface area contributed by atoms with Gasteiger partial charge in [0.1, 0.15) is 11.9 Å². The smallest absolute Gasteiger partial charge is 0.302 e. The highest BCUT2D eigenvalue weighted by molar-refractivity contribution is 5.81. The van der Waals surface area contributed by atoms with Crippen molar-refractivity contribution in [2.24, 2.45) is 40.4 Å². The predicted molar refractivity (Wildman–Crippen MR) is 101 cm³/mol. The molecule has 0 aliphatic heterocycles. The van der Waals surface area contributed by atoms with Crippen LogP contribution in [-0.4, -0.2) is 17.9 Å². The van der Waals surface area contributed by atoms with Crippen LogP contribution in [0.25, 0.3) is 0 Å². The number of rotatable bonds is 2. The minimum absolute atomic E-state index is 0.0188. The third-order valence-electron chi connectivity index (χ3n) is 9.34. The number of hydrogen-bond acceptors (Lipinski definition) is 3. The Balaban J connectivity index is 1.65. The van der Waals surface area contributed by atoms with Crippen LogP contribution in [0.1, 0.15) is 85.5 Å². The summed E-state index contributed by atoms with van der Waals surface area (Å²) in [6, 6.07) is 0. The Labute approximate surface area is 158 Å². The van der Waals surface area contributed by atoms with Crippen molar-refractivity contribution in [2.45, 2.75) is 91.6 Å². The number of ether oxygens (including phenoxy) is 1. The van der Waals surface area contributed by atoms with E-state index in [1.807, 2.05) is 0 Å². The zero-order valence-electron chi connectivity index (χ0n) is 17.1. The summed E-state index contributed by atoms with van der Waals surface area (Å²) in [7, 11) is 0. The third kappa shape index (κ3) is 2.59. The summed E-state index contributed by atoms with van der Waals surface area (Å²) >= 11 is 0. The maximum atomic E-state index is 12.6. The summed E-state index contributed by atoms with van der Waals surface area (Å²) in [6.45, 7) is 8.11. The van der Waals surface area contributed by atoms with E-state index in [9.17, 15) is 9.59 Å². The summed E-state index contributed by atoms with van der Waals surface area (Å²) in [5.74, 6) is 2.86. The van der Waals surface area contributed by atoms with Gasteiger partial charge in [0.2, 0.25) is 0 Å². The Morgan fingerprint density at radius 3 is 2.35 bits per heavy atom. The number of carbonyl (C=O) groups is 2. The molecule has 26 heavy (non-hydrogen) atoms. The number of fused-ring (bicyclic) bond motifs is 5. The molecular formula is C23H36O3. The largest absolute Gasteiger partial charge is 0.462 e. The SMILES string of the molecule is CC(=O)O[C@@H]1C[C@@H]2[C@H]3CC[C@H]4CCCC[C@]4(C)[C@@H]3CC[C@@]2(C)[C@@H]1C(C)=O. The molecule has 4 rings (SSSR count). The van der Waals surface area contributed by atoms with E-state index < -0.39 is 0 Å². The molecule has 0 amide bonds. The summed E-state index contributed by atoms with van der Waals surface area (Å²) < 4.78 is 5.69. The molecule has 4 aliphatic rings. The second kappa shape index (κ2) is 6.34. The van der Waals surface area contributed by atoms with Crippen molar-refractivity contribution in [3.8, 4) is 0 Å². The molecule has 0 unspecified atom stereocenters. The lowest BCUT2D eigenvalue weighted by Crippen LogP contribution is -2.53. The van der Waals surface area contributed by atoms with Crippen LogP contribution in [0.15, 0.2) is 0 Å². The second-order valence-corrected chi connectivity index (χ2v) is 10.4. The fraction of sp³-hybridized carbons (Fsp3) is 0.913. The molecule has 0 aromatic heterocycles. The van der Waals surface area contributed by atoms with Crippen LogP contribution in [0, 0.1) is 40.4 Å². The van der Waals surface area contributed by atoms with E-state index in [0.29, 0.717) is 11.3 Å². The third-order valence-corrected chi connectivity index (χ3v) is 9.34. The van der Waals surface area contributed by atoms with Gasteiger partial charge in [0, 0.05) is 6.92 Å². The van der Waals surface area contributed by atoms with Crippen molar-refractivity contribution in [1.82, 2.24) is 0 Å². The summed E-state index contributed by atoms with van der Waals surface area (Å²) in [4.78, 5) is 24.2. The average Bonchev–Trinajstić information content (AvgIpc) is 2.85. The van der Waals surface area contributed by atoms with E-state index in [0.717, 1.165) is 30.6 Å². The molecular weight excluding hydrogens is 324 g/mol.